The summed E-state index contributed by atoms with van der Waals surface area (Å²) in [6.07, 6.45) is 3.48. The molecule has 0 amide bonds. The maximum Gasteiger partial charge on any atom is 0.491 e. The van der Waals surface area contributed by atoms with Gasteiger partial charge in [-0.1, -0.05) is 6.08 Å². The van der Waals surface area contributed by atoms with Crippen LogP contribution in [0.3, 0.4) is 0 Å². The Morgan fingerprint density at radius 1 is 1.35 bits per heavy atom. The first-order chi connectivity index (χ1) is 10.7. The minimum Gasteiger partial charge on any atom is -0.406 e. The molecule has 7 nitrogen and oxygen atoms in total. The monoisotopic (exact) mass is 317 g/mol. The van der Waals surface area contributed by atoms with Gasteiger partial charge in [-0.15, -0.1) is 0 Å². The average molecular weight is 317 g/mol. The van der Waals surface area contributed by atoms with E-state index in [9.17, 15) is 4.79 Å². The highest BCUT2D eigenvalue weighted by Crippen LogP contribution is 2.38. The fraction of sp³-hybridized carbons (Fsp3) is 0.467. The normalized spacial score (nSPS) is 20.4. The van der Waals surface area contributed by atoms with Crippen molar-refractivity contribution in [2.24, 2.45) is 5.73 Å². The molecular weight excluding hydrogens is 297 g/mol. The summed E-state index contributed by atoms with van der Waals surface area (Å²) >= 11 is 0. The van der Waals surface area contributed by atoms with Gasteiger partial charge in [0.05, 0.1) is 11.2 Å². The van der Waals surface area contributed by atoms with E-state index < -0.39 is 24.1 Å². The van der Waals surface area contributed by atoms with Crippen molar-refractivity contribution in [3.8, 4) is 0 Å². The second-order valence-corrected chi connectivity index (χ2v) is 6.64. The quantitative estimate of drug-likeness (QED) is 0.831. The van der Waals surface area contributed by atoms with Gasteiger partial charge in [-0.25, -0.2) is 9.78 Å². The summed E-state index contributed by atoms with van der Waals surface area (Å²) < 4.78 is 17.0. The van der Waals surface area contributed by atoms with Crippen LogP contribution in [0.4, 0.5) is 0 Å². The fourth-order valence-electron chi connectivity index (χ4n) is 2.36. The van der Waals surface area contributed by atoms with E-state index in [2.05, 4.69) is 9.97 Å². The van der Waals surface area contributed by atoms with Crippen molar-refractivity contribution in [1.29, 1.82) is 0 Å². The molecular formula is C15H20BN3O4. The average Bonchev–Trinajstić information content (AvgIpc) is 2.91. The van der Waals surface area contributed by atoms with Gasteiger partial charge < -0.3 is 19.5 Å². The van der Waals surface area contributed by atoms with E-state index in [1.165, 1.54) is 0 Å². The third kappa shape index (κ3) is 2.85. The minimum absolute atomic E-state index is 0.284. The summed E-state index contributed by atoms with van der Waals surface area (Å²) in [5.41, 5.74) is 7.37. The van der Waals surface area contributed by atoms with Gasteiger partial charge in [-0.2, -0.15) is 0 Å². The van der Waals surface area contributed by atoms with Crippen molar-refractivity contribution in [2.45, 2.75) is 38.9 Å². The van der Waals surface area contributed by atoms with Crippen molar-refractivity contribution in [1.82, 2.24) is 9.97 Å². The van der Waals surface area contributed by atoms with Crippen LogP contribution in [0.1, 0.15) is 33.3 Å². The maximum atomic E-state index is 11.2. The van der Waals surface area contributed by atoms with Gasteiger partial charge >= 0.3 is 12.9 Å². The number of aromatic amines is 1. The molecule has 2 aromatic rings. The molecule has 3 N–H and O–H groups in total. The smallest absolute Gasteiger partial charge is 0.406 e. The largest absolute Gasteiger partial charge is 0.491 e. The molecule has 3 rings (SSSR count). The molecule has 122 valence electrons. The molecule has 0 unspecified atom stereocenters. The molecule has 8 heteroatoms. The van der Waals surface area contributed by atoms with Crippen molar-refractivity contribution >= 4 is 24.4 Å². The summed E-state index contributed by atoms with van der Waals surface area (Å²) in [5.74, 6) is -0.529. The highest BCUT2D eigenvalue weighted by atomic mass is 16.7. The lowest BCUT2D eigenvalue weighted by molar-refractivity contribution is 0.00578. The highest BCUT2D eigenvalue weighted by molar-refractivity contribution is 6.55. The Bertz CT molecular complexity index is 805. The predicted octanol–water partition coefficient (Wildman–Crippen LogP) is 1.49. The van der Waals surface area contributed by atoms with Crippen LogP contribution >= 0.6 is 0 Å². The van der Waals surface area contributed by atoms with Gasteiger partial charge in [0.25, 0.3) is 0 Å². The molecule has 3 heterocycles. The van der Waals surface area contributed by atoms with E-state index in [0.717, 1.165) is 11.0 Å². The van der Waals surface area contributed by atoms with Gasteiger partial charge in [0.15, 0.2) is 11.2 Å². The first-order valence-corrected chi connectivity index (χ1v) is 7.47. The summed E-state index contributed by atoms with van der Waals surface area (Å²) in [4.78, 5) is 17.9. The summed E-state index contributed by atoms with van der Waals surface area (Å²) in [6.45, 7) is 8.24. The van der Waals surface area contributed by atoms with Gasteiger partial charge in [0.1, 0.15) is 0 Å². The van der Waals surface area contributed by atoms with Gasteiger partial charge in [0, 0.05) is 12.7 Å². The molecule has 0 aromatic carbocycles. The second-order valence-electron chi connectivity index (χ2n) is 6.64. The number of H-pyrrole nitrogens is 1. The topological polar surface area (TPSA) is 103 Å². The number of nitrogens with one attached hydrogen (secondary N) is 1. The number of pyridine rings is 1. The minimum atomic E-state index is -0.529. The Kier molecular flexibility index (Phi) is 3.70. The second kappa shape index (κ2) is 5.33. The van der Waals surface area contributed by atoms with Gasteiger partial charge in [0.2, 0.25) is 0 Å². The number of rotatable bonds is 3. The Labute approximate surface area is 134 Å². The Morgan fingerprint density at radius 3 is 2.61 bits per heavy atom. The number of hydrogen-bond donors (Lipinski definition) is 2. The van der Waals surface area contributed by atoms with E-state index in [4.69, 9.17) is 19.5 Å². The lowest BCUT2D eigenvalue weighted by Crippen LogP contribution is -2.41. The molecule has 0 spiro atoms. The summed E-state index contributed by atoms with van der Waals surface area (Å²) in [7, 11) is -0.515. The number of hydrogen-bond acceptors (Lipinski definition) is 6. The molecule has 1 aliphatic heterocycles. The molecule has 1 saturated heterocycles. The number of nitrogens with zero attached hydrogens (tertiary/aromatic N) is 1. The van der Waals surface area contributed by atoms with E-state index in [1.807, 2.05) is 33.8 Å². The molecule has 0 bridgehead atoms. The fourth-order valence-corrected chi connectivity index (χ4v) is 2.36. The van der Waals surface area contributed by atoms with Crippen molar-refractivity contribution in [3.63, 3.8) is 0 Å². The van der Waals surface area contributed by atoms with Crippen LogP contribution in [-0.4, -0.2) is 34.8 Å². The lowest BCUT2D eigenvalue weighted by Gasteiger charge is -2.32. The summed E-state index contributed by atoms with van der Waals surface area (Å²) in [5, 5.41) is 0. The van der Waals surface area contributed by atoms with Crippen LogP contribution in [0.2, 0.25) is 0 Å². The van der Waals surface area contributed by atoms with Crippen LogP contribution < -0.4 is 11.5 Å². The zero-order valence-corrected chi connectivity index (χ0v) is 13.7. The Balaban J connectivity index is 1.93. The maximum absolute atomic E-state index is 11.2. The first-order valence-electron chi connectivity index (χ1n) is 7.47. The van der Waals surface area contributed by atoms with E-state index in [-0.39, 0.29) is 6.54 Å². The summed E-state index contributed by atoms with van der Waals surface area (Å²) in [6, 6.07) is 1.72. The number of nitrogens with two attached hydrogens (primary N) is 1. The Morgan fingerprint density at radius 2 is 2.00 bits per heavy atom. The molecule has 2 aromatic heterocycles. The van der Waals surface area contributed by atoms with Gasteiger partial charge in [-0.05, 0) is 44.8 Å². The van der Waals surface area contributed by atoms with Crippen LogP contribution in [0.5, 0.6) is 0 Å². The Hall–Kier alpha value is -1.90. The SMILES string of the molecule is CC1(C)OB(C(=Cc2cnc3[nH]c(=O)oc3c2)CN)OC1(C)C. The van der Waals surface area contributed by atoms with Crippen LogP contribution in [0.25, 0.3) is 17.3 Å². The zero-order chi connectivity index (χ0) is 16.8. The third-order valence-corrected chi connectivity index (χ3v) is 4.44. The molecule has 23 heavy (non-hydrogen) atoms. The van der Waals surface area contributed by atoms with Crippen LogP contribution in [-0.2, 0) is 9.31 Å². The number of aromatic nitrogens is 2. The molecule has 0 saturated carbocycles. The zero-order valence-electron chi connectivity index (χ0n) is 13.7. The number of fused-ring (bicyclic) bond motifs is 1. The standard InChI is InChI=1S/C15H20BN3O4/c1-14(2)15(3,4)23-16(22-14)10(7-17)5-9-6-11-12(18-8-9)19-13(20)21-11/h5-6,8H,7,17H2,1-4H3,(H,18,19,20). The van der Waals surface area contributed by atoms with Crippen LogP contribution in [0, 0.1) is 0 Å². The molecule has 0 atom stereocenters. The third-order valence-electron chi connectivity index (χ3n) is 4.44. The van der Waals surface area contributed by atoms with Gasteiger partial charge in [-0.3, -0.25) is 4.98 Å². The molecule has 1 fully saturated rings. The molecule has 0 radical (unpaired) electrons. The van der Waals surface area contributed by atoms with Crippen molar-refractivity contribution in [3.05, 3.63) is 33.8 Å². The van der Waals surface area contributed by atoms with E-state index in [0.29, 0.717) is 11.2 Å². The number of oxazole rings is 1. The highest BCUT2D eigenvalue weighted by Gasteiger charge is 2.52. The molecule has 1 aliphatic rings. The first kappa shape index (κ1) is 16.0. The predicted molar refractivity (Wildman–Crippen MR) is 87.7 cm³/mol. The lowest BCUT2D eigenvalue weighted by atomic mass is 9.77. The van der Waals surface area contributed by atoms with Crippen molar-refractivity contribution in [2.75, 3.05) is 6.54 Å². The molecule has 0 aliphatic carbocycles. The van der Waals surface area contributed by atoms with Crippen molar-refractivity contribution < 1.29 is 13.7 Å². The van der Waals surface area contributed by atoms with E-state index >= 15 is 0 Å². The van der Waals surface area contributed by atoms with Crippen LogP contribution in [0.15, 0.2) is 26.9 Å². The van der Waals surface area contributed by atoms with E-state index in [1.54, 1.807) is 12.3 Å².